The maximum Gasteiger partial charge on any atom is 0.228 e. The molecule has 0 saturated heterocycles. The van der Waals surface area contributed by atoms with Crippen molar-refractivity contribution in [2.75, 3.05) is 28.6 Å². The average molecular weight is 383 g/mol. The molecule has 0 heterocycles. The van der Waals surface area contributed by atoms with Gasteiger partial charge in [-0.05, 0) is 69.2 Å². The molecule has 2 aromatic rings. The first-order valence-electron chi connectivity index (χ1n) is 9.65. The maximum absolute atomic E-state index is 13.2. The van der Waals surface area contributed by atoms with E-state index in [0.717, 1.165) is 30.0 Å². The molecule has 2 aromatic carbocycles. The minimum atomic E-state index is -0.411. The summed E-state index contributed by atoms with van der Waals surface area (Å²) < 4.78 is 13.2. The average Bonchev–Trinajstić information content (AvgIpc) is 3.46. The Morgan fingerprint density at radius 1 is 1.04 bits per heavy atom. The van der Waals surface area contributed by atoms with Crippen LogP contribution in [0.1, 0.15) is 25.8 Å². The van der Waals surface area contributed by atoms with Gasteiger partial charge in [0.1, 0.15) is 5.82 Å². The van der Waals surface area contributed by atoms with Gasteiger partial charge in [-0.2, -0.15) is 0 Å². The van der Waals surface area contributed by atoms with Crippen LogP contribution in [0.2, 0.25) is 0 Å². The Morgan fingerprint density at radius 3 is 2.32 bits per heavy atom. The van der Waals surface area contributed by atoms with Crippen molar-refractivity contribution in [1.29, 1.82) is 0 Å². The zero-order valence-electron chi connectivity index (χ0n) is 16.5. The van der Waals surface area contributed by atoms with Crippen molar-refractivity contribution in [1.82, 2.24) is 0 Å². The molecule has 148 valence electrons. The third-order valence-corrected chi connectivity index (χ3v) is 5.15. The number of nitrogens with one attached hydrogen (secondary N) is 2. The summed E-state index contributed by atoms with van der Waals surface area (Å²) >= 11 is 0. The topological polar surface area (TPSA) is 61.4 Å². The number of nitrogens with zero attached hydrogens (tertiary/aromatic N) is 1. The molecule has 2 N–H and O–H groups in total. The second-order valence-electron chi connectivity index (χ2n) is 7.11. The molecule has 2 atom stereocenters. The second-order valence-corrected chi connectivity index (χ2v) is 7.11. The molecule has 1 aliphatic carbocycles. The summed E-state index contributed by atoms with van der Waals surface area (Å²) in [6.07, 6.45) is 0.504. The molecule has 5 nitrogen and oxygen atoms in total. The molecule has 6 heteroatoms. The molecule has 0 aromatic heterocycles. The first kappa shape index (κ1) is 19.9. The number of aryl methyl sites for hydroxylation is 1. The highest BCUT2D eigenvalue weighted by molar-refractivity contribution is 6.03. The fourth-order valence-corrected chi connectivity index (χ4v) is 3.37. The Labute approximate surface area is 164 Å². The number of anilines is 3. The lowest BCUT2D eigenvalue weighted by Crippen LogP contribution is -2.22. The van der Waals surface area contributed by atoms with Crippen molar-refractivity contribution in [3.8, 4) is 0 Å². The van der Waals surface area contributed by atoms with E-state index < -0.39 is 5.82 Å². The van der Waals surface area contributed by atoms with E-state index in [9.17, 15) is 14.0 Å². The zero-order chi connectivity index (χ0) is 20.3. The van der Waals surface area contributed by atoms with Crippen LogP contribution in [0.4, 0.5) is 21.5 Å². The van der Waals surface area contributed by atoms with Gasteiger partial charge in [0.15, 0.2) is 0 Å². The van der Waals surface area contributed by atoms with Crippen molar-refractivity contribution in [3.63, 3.8) is 0 Å². The Balaban J connectivity index is 1.58. The number of hydrogen-bond donors (Lipinski definition) is 2. The summed E-state index contributed by atoms with van der Waals surface area (Å²) in [4.78, 5) is 27.0. The van der Waals surface area contributed by atoms with Gasteiger partial charge < -0.3 is 15.5 Å². The molecular formula is C22H26FN3O2. The third-order valence-electron chi connectivity index (χ3n) is 5.15. The van der Waals surface area contributed by atoms with Crippen LogP contribution in [0.5, 0.6) is 0 Å². The van der Waals surface area contributed by atoms with E-state index in [0.29, 0.717) is 12.1 Å². The minimum Gasteiger partial charge on any atom is -0.372 e. The van der Waals surface area contributed by atoms with Crippen molar-refractivity contribution in [2.24, 2.45) is 11.8 Å². The predicted molar refractivity (Wildman–Crippen MR) is 110 cm³/mol. The van der Waals surface area contributed by atoms with Gasteiger partial charge in [-0.1, -0.05) is 6.07 Å². The van der Waals surface area contributed by atoms with E-state index in [1.54, 1.807) is 6.07 Å². The molecule has 2 unspecified atom stereocenters. The number of carbonyl (C=O) groups is 2. The number of benzene rings is 2. The molecule has 3 rings (SSSR count). The van der Waals surface area contributed by atoms with Crippen LogP contribution in [0.25, 0.3) is 0 Å². The van der Waals surface area contributed by atoms with Gasteiger partial charge in [-0.15, -0.1) is 0 Å². The fraction of sp³-hybridized carbons (Fsp3) is 0.364. The molecule has 28 heavy (non-hydrogen) atoms. The number of rotatable bonds is 7. The third kappa shape index (κ3) is 4.50. The summed E-state index contributed by atoms with van der Waals surface area (Å²) in [6.45, 7) is 8.02. The first-order valence-corrected chi connectivity index (χ1v) is 9.65. The highest BCUT2D eigenvalue weighted by atomic mass is 19.1. The van der Waals surface area contributed by atoms with Gasteiger partial charge in [0.2, 0.25) is 11.8 Å². The molecule has 1 saturated carbocycles. The lowest BCUT2D eigenvalue weighted by atomic mass is 10.1. The predicted octanol–water partition coefficient (Wildman–Crippen LogP) is 4.19. The van der Waals surface area contributed by atoms with Crippen molar-refractivity contribution in [2.45, 2.75) is 27.2 Å². The van der Waals surface area contributed by atoms with Crippen LogP contribution >= 0.6 is 0 Å². The van der Waals surface area contributed by atoms with E-state index >= 15 is 0 Å². The van der Waals surface area contributed by atoms with Crippen molar-refractivity contribution in [3.05, 3.63) is 53.8 Å². The Hall–Kier alpha value is -2.89. The van der Waals surface area contributed by atoms with E-state index in [1.807, 2.05) is 19.1 Å². The monoisotopic (exact) mass is 383 g/mol. The Morgan fingerprint density at radius 2 is 1.71 bits per heavy atom. The lowest BCUT2D eigenvalue weighted by Gasteiger charge is -2.22. The summed E-state index contributed by atoms with van der Waals surface area (Å²) in [6, 6.07) is 11.7. The van der Waals surface area contributed by atoms with Gasteiger partial charge in [-0.3, -0.25) is 9.59 Å². The molecule has 1 fully saturated rings. The number of carbonyl (C=O) groups excluding carboxylic acids is 2. The van der Waals surface area contributed by atoms with E-state index in [4.69, 9.17) is 0 Å². The van der Waals surface area contributed by atoms with Crippen LogP contribution < -0.4 is 15.5 Å². The summed E-state index contributed by atoms with van der Waals surface area (Å²) in [5, 5.41) is 5.61. The summed E-state index contributed by atoms with van der Waals surface area (Å²) in [7, 11) is 0. The standard InChI is InChI=1S/C22H26FN3O2/c1-4-26(5-2)17-9-10-20(14(3)11-17)25-22(28)19-13-18(19)21(27)24-16-8-6-7-15(23)12-16/h6-12,18-19H,4-5,13H2,1-3H3,(H,24,27)(H,25,28). The number of halogens is 1. The quantitative estimate of drug-likeness (QED) is 0.754. The minimum absolute atomic E-state index is 0.155. The number of hydrogen-bond acceptors (Lipinski definition) is 3. The summed E-state index contributed by atoms with van der Waals surface area (Å²) in [5.41, 5.74) is 3.27. The highest BCUT2D eigenvalue weighted by Gasteiger charge is 2.48. The fourth-order valence-electron chi connectivity index (χ4n) is 3.37. The van der Waals surface area contributed by atoms with E-state index in [1.165, 1.54) is 18.2 Å². The van der Waals surface area contributed by atoms with Crippen LogP contribution in [-0.2, 0) is 9.59 Å². The largest absolute Gasteiger partial charge is 0.372 e. The van der Waals surface area contributed by atoms with E-state index in [-0.39, 0.29) is 23.7 Å². The Kier molecular flexibility index (Phi) is 5.97. The van der Waals surface area contributed by atoms with Gasteiger partial charge in [-0.25, -0.2) is 4.39 Å². The SMILES string of the molecule is CCN(CC)c1ccc(NC(=O)C2CC2C(=O)Nc2cccc(F)c2)c(C)c1. The summed E-state index contributed by atoms with van der Waals surface area (Å²) in [5.74, 6) is -1.54. The normalized spacial score (nSPS) is 17.7. The molecule has 0 bridgehead atoms. The van der Waals surface area contributed by atoms with Gasteiger partial charge in [0.25, 0.3) is 0 Å². The Bertz CT molecular complexity index is 880. The van der Waals surface area contributed by atoms with Gasteiger partial charge in [0, 0.05) is 30.2 Å². The molecule has 2 amide bonds. The molecule has 0 spiro atoms. The van der Waals surface area contributed by atoms with Crippen LogP contribution in [0.3, 0.4) is 0 Å². The van der Waals surface area contributed by atoms with Gasteiger partial charge >= 0.3 is 0 Å². The number of amides is 2. The molecular weight excluding hydrogens is 357 g/mol. The van der Waals surface area contributed by atoms with Crippen LogP contribution in [0.15, 0.2) is 42.5 Å². The lowest BCUT2D eigenvalue weighted by molar-refractivity contribution is -0.122. The molecule has 0 radical (unpaired) electrons. The first-order chi connectivity index (χ1) is 13.4. The second kappa shape index (κ2) is 8.42. The zero-order valence-corrected chi connectivity index (χ0v) is 16.5. The van der Waals surface area contributed by atoms with Crippen LogP contribution in [0, 0.1) is 24.6 Å². The molecule has 1 aliphatic rings. The maximum atomic E-state index is 13.2. The smallest absolute Gasteiger partial charge is 0.228 e. The van der Waals surface area contributed by atoms with Crippen LogP contribution in [-0.4, -0.2) is 24.9 Å². The van der Waals surface area contributed by atoms with Crippen molar-refractivity contribution < 1.29 is 14.0 Å². The molecule has 0 aliphatic heterocycles. The van der Waals surface area contributed by atoms with E-state index in [2.05, 4.69) is 35.4 Å². The highest BCUT2D eigenvalue weighted by Crippen LogP contribution is 2.40. The van der Waals surface area contributed by atoms with Crippen molar-refractivity contribution >= 4 is 28.9 Å². The van der Waals surface area contributed by atoms with Gasteiger partial charge in [0.05, 0.1) is 11.8 Å².